The predicted octanol–water partition coefficient (Wildman–Crippen LogP) is 1.87. The van der Waals surface area contributed by atoms with Gasteiger partial charge in [-0.05, 0) is 45.2 Å². The zero-order valence-electron chi connectivity index (χ0n) is 11.8. The number of hydrogen-bond acceptors (Lipinski definition) is 3. The number of likely N-dealkylation sites (N-methyl/N-ethyl adjacent to an activating group) is 2. The first kappa shape index (κ1) is 13.3. The van der Waals surface area contributed by atoms with Crippen molar-refractivity contribution in [1.29, 1.82) is 0 Å². The molecule has 2 rings (SSSR count). The quantitative estimate of drug-likeness (QED) is 0.815. The standard InChI is InChI=1S/C14H28N2O/c1-14(2)7-5-12(15-3)13(9-14)16(4)11-6-8-17-10-11/h11-13,15H,5-10H2,1-4H3. The first-order valence-electron chi connectivity index (χ1n) is 7.00. The van der Waals surface area contributed by atoms with E-state index in [9.17, 15) is 0 Å². The summed E-state index contributed by atoms with van der Waals surface area (Å²) < 4.78 is 5.53. The molecule has 1 heterocycles. The van der Waals surface area contributed by atoms with Gasteiger partial charge in [-0.3, -0.25) is 4.90 Å². The van der Waals surface area contributed by atoms with Crippen LogP contribution >= 0.6 is 0 Å². The van der Waals surface area contributed by atoms with Crippen molar-refractivity contribution in [3.05, 3.63) is 0 Å². The summed E-state index contributed by atoms with van der Waals surface area (Å²) in [6, 6.07) is 1.94. The van der Waals surface area contributed by atoms with E-state index in [0.717, 1.165) is 13.2 Å². The van der Waals surface area contributed by atoms with Crippen molar-refractivity contribution >= 4 is 0 Å². The van der Waals surface area contributed by atoms with Gasteiger partial charge in [0.05, 0.1) is 6.61 Å². The summed E-state index contributed by atoms with van der Waals surface area (Å²) in [4.78, 5) is 2.58. The number of nitrogens with zero attached hydrogens (tertiary/aromatic N) is 1. The molecule has 1 N–H and O–H groups in total. The molecule has 0 spiro atoms. The largest absolute Gasteiger partial charge is 0.380 e. The molecular weight excluding hydrogens is 212 g/mol. The van der Waals surface area contributed by atoms with Gasteiger partial charge >= 0.3 is 0 Å². The Morgan fingerprint density at radius 2 is 2.06 bits per heavy atom. The number of ether oxygens (including phenoxy) is 1. The normalized spacial score (nSPS) is 37.6. The van der Waals surface area contributed by atoms with Crippen LogP contribution in [0.4, 0.5) is 0 Å². The minimum atomic E-state index is 0.492. The van der Waals surface area contributed by atoms with Crippen molar-refractivity contribution in [2.45, 2.75) is 57.7 Å². The van der Waals surface area contributed by atoms with Crippen LogP contribution < -0.4 is 5.32 Å². The molecule has 100 valence electrons. The summed E-state index contributed by atoms with van der Waals surface area (Å²) in [6.07, 6.45) is 5.13. The second-order valence-corrected chi connectivity index (χ2v) is 6.55. The van der Waals surface area contributed by atoms with Crippen LogP contribution in [0.2, 0.25) is 0 Å². The maximum atomic E-state index is 5.53. The average molecular weight is 240 g/mol. The van der Waals surface area contributed by atoms with Crippen LogP contribution in [-0.2, 0) is 4.74 Å². The van der Waals surface area contributed by atoms with Gasteiger partial charge in [-0.1, -0.05) is 13.8 Å². The molecule has 0 aromatic rings. The fraction of sp³-hybridized carbons (Fsp3) is 1.00. The van der Waals surface area contributed by atoms with Crippen LogP contribution in [0.15, 0.2) is 0 Å². The second kappa shape index (κ2) is 5.25. The van der Waals surface area contributed by atoms with E-state index < -0.39 is 0 Å². The van der Waals surface area contributed by atoms with Crippen LogP contribution in [0.3, 0.4) is 0 Å². The van der Waals surface area contributed by atoms with Gasteiger partial charge in [0.15, 0.2) is 0 Å². The molecular formula is C14H28N2O. The Bertz CT molecular complexity index is 249. The lowest BCUT2D eigenvalue weighted by Gasteiger charge is -2.46. The van der Waals surface area contributed by atoms with E-state index >= 15 is 0 Å². The Balaban J connectivity index is 2.03. The highest BCUT2D eigenvalue weighted by molar-refractivity contribution is 4.95. The molecule has 3 atom stereocenters. The summed E-state index contributed by atoms with van der Waals surface area (Å²) in [5.41, 5.74) is 0.492. The van der Waals surface area contributed by atoms with Crippen LogP contribution in [0, 0.1) is 5.41 Å². The SMILES string of the molecule is CNC1CCC(C)(C)CC1N(C)C1CCOC1. The minimum absolute atomic E-state index is 0.492. The van der Waals surface area contributed by atoms with Gasteiger partial charge < -0.3 is 10.1 Å². The molecule has 3 nitrogen and oxygen atoms in total. The second-order valence-electron chi connectivity index (χ2n) is 6.55. The molecule has 0 aromatic carbocycles. The highest BCUT2D eigenvalue weighted by Crippen LogP contribution is 2.38. The summed E-state index contributed by atoms with van der Waals surface area (Å²) in [7, 11) is 4.39. The molecule has 0 bridgehead atoms. The van der Waals surface area contributed by atoms with Crippen molar-refractivity contribution in [1.82, 2.24) is 10.2 Å². The van der Waals surface area contributed by atoms with Crippen molar-refractivity contribution in [3.8, 4) is 0 Å². The summed E-state index contributed by atoms with van der Waals surface area (Å²) in [5.74, 6) is 0. The molecule has 3 unspecified atom stereocenters. The van der Waals surface area contributed by atoms with Gasteiger partial charge in [0, 0.05) is 24.7 Å². The zero-order valence-corrected chi connectivity index (χ0v) is 11.8. The third-order valence-corrected chi connectivity index (χ3v) is 4.73. The monoisotopic (exact) mass is 240 g/mol. The van der Waals surface area contributed by atoms with Crippen LogP contribution in [-0.4, -0.2) is 50.3 Å². The van der Waals surface area contributed by atoms with Crippen molar-refractivity contribution < 1.29 is 4.74 Å². The Morgan fingerprint density at radius 3 is 2.65 bits per heavy atom. The van der Waals surface area contributed by atoms with Gasteiger partial charge in [0.25, 0.3) is 0 Å². The van der Waals surface area contributed by atoms with Crippen molar-refractivity contribution in [3.63, 3.8) is 0 Å². The summed E-state index contributed by atoms with van der Waals surface area (Å²) in [6.45, 7) is 6.68. The van der Waals surface area contributed by atoms with Gasteiger partial charge in [0.1, 0.15) is 0 Å². The molecule has 1 saturated carbocycles. The number of hydrogen-bond donors (Lipinski definition) is 1. The lowest BCUT2D eigenvalue weighted by molar-refractivity contribution is 0.0516. The third kappa shape index (κ3) is 3.01. The fourth-order valence-electron chi connectivity index (χ4n) is 3.43. The average Bonchev–Trinajstić information content (AvgIpc) is 2.80. The molecule has 0 radical (unpaired) electrons. The van der Waals surface area contributed by atoms with Gasteiger partial charge in [-0.2, -0.15) is 0 Å². The molecule has 0 aromatic heterocycles. The lowest BCUT2D eigenvalue weighted by Crippen LogP contribution is -2.55. The van der Waals surface area contributed by atoms with Crippen LogP contribution in [0.1, 0.15) is 39.5 Å². The molecule has 3 heteroatoms. The van der Waals surface area contributed by atoms with Gasteiger partial charge in [-0.15, -0.1) is 0 Å². The topological polar surface area (TPSA) is 24.5 Å². The van der Waals surface area contributed by atoms with Crippen LogP contribution in [0.25, 0.3) is 0 Å². The highest BCUT2D eigenvalue weighted by atomic mass is 16.5. The Morgan fingerprint density at radius 1 is 1.29 bits per heavy atom. The molecule has 1 aliphatic carbocycles. The Labute approximate surface area is 106 Å². The smallest absolute Gasteiger partial charge is 0.0622 e. The maximum absolute atomic E-state index is 5.53. The lowest BCUT2D eigenvalue weighted by atomic mass is 9.72. The summed E-state index contributed by atoms with van der Waals surface area (Å²) >= 11 is 0. The van der Waals surface area contributed by atoms with Gasteiger partial charge in [-0.25, -0.2) is 0 Å². The molecule has 0 amide bonds. The molecule has 2 fully saturated rings. The number of rotatable bonds is 3. The molecule has 1 saturated heterocycles. The van der Waals surface area contributed by atoms with Gasteiger partial charge in [0.2, 0.25) is 0 Å². The van der Waals surface area contributed by atoms with Crippen molar-refractivity contribution in [2.75, 3.05) is 27.3 Å². The van der Waals surface area contributed by atoms with E-state index in [1.54, 1.807) is 0 Å². The number of nitrogens with one attached hydrogen (secondary N) is 1. The highest BCUT2D eigenvalue weighted by Gasteiger charge is 2.38. The molecule has 2 aliphatic rings. The minimum Gasteiger partial charge on any atom is -0.380 e. The first-order valence-corrected chi connectivity index (χ1v) is 7.00. The van der Waals surface area contributed by atoms with E-state index in [1.165, 1.54) is 25.7 Å². The predicted molar refractivity (Wildman–Crippen MR) is 71.3 cm³/mol. The zero-order chi connectivity index (χ0) is 12.5. The maximum Gasteiger partial charge on any atom is 0.0622 e. The van der Waals surface area contributed by atoms with Crippen molar-refractivity contribution in [2.24, 2.45) is 5.41 Å². The Hall–Kier alpha value is -0.120. The van der Waals surface area contributed by atoms with E-state index in [2.05, 4.69) is 38.2 Å². The fourth-order valence-corrected chi connectivity index (χ4v) is 3.43. The molecule has 17 heavy (non-hydrogen) atoms. The third-order valence-electron chi connectivity index (χ3n) is 4.73. The van der Waals surface area contributed by atoms with E-state index in [1.807, 2.05) is 0 Å². The van der Waals surface area contributed by atoms with Crippen LogP contribution in [0.5, 0.6) is 0 Å². The van der Waals surface area contributed by atoms with E-state index in [-0.39, 0.29) is 0 Å². The van der Waals surface area contributed by atoms with E-state index in [0.29, 0.717) is 23.5 Å². The Kier molecular flexibility index (Phi) is 4.11. The van der Waals surface area contributed by atoms with E-state index in [4.69, 9.17) is 4.74 Å². The summed E-state index contributed by atoms with van der Waals surface area (Å²) in [5, 5.41) is 3.51. The molecule has 1 aliphatic heterocycles. The first-order chi connectivity index (χ1) is 8.03.